The van der Waals surface area contributed by atoms with Crippen LogP contribution in [-0.2, 0) is 42.9 Å². The Kier molecular flexibility index (Phi) is 27.4. The number of ether oxygens (including phenoxy) is 7. The molecule has 10 heteroatoms. The number of hydrogen-bond acceptors (Lipinski definition) is 10. The van der Waals surface area contributed by atoms with E-state index in [-0.39, 0.29) is 12.7 Å². The molecule has 0 unspecified atom stereocenters. The molecule has 1 rings (SSSR count). The third-order valence-corrected chi connectivity index (χ3v) is 6.75. The summed E-state index contributed by atoms with van der Waals surface area (Å²) in [6.45, 7) is 25.3. The van der Waals surface area contributed by atoms with Crippen LogP contribution in [0.25, 0.3) is 0 Å². The van der Waals surface area contributed by atoms with Gasteiger partial charge in [0.1, 0.15) is 6.61 Å². The van der Waals surface area contributed by atoms with Crippen molar-refractivity contribution in [1.82, 2.24) is 0 Å². The predicted molar refractivity (Wildman–Crippen MR) is 165 cm³/mol. The largest absolute Gasteiger partial charge is 0.394 e. The van der Waals surface area contributed by atoms with Crippen LogP contribution in [0, 0.1) is 16.7 Å². The van der Waals surface area contributed by atoms with E-state index in [0.717, 1.165) is 18.8 Å². The average molecular weight is 609 g/mol. The second kappa shape index (κ2) is 27.9. The van der Waals surface area contributed by atoms with E-state index >= 15 is 0 Å². The molecule has 0 heterocycles. The summed E-state index contributed by atoms with van der Waals surface area (Å²) < 4.78 is 37.8. The first-order valence-electron chi connectivity index (χ1n) is 15.7. The summed E-state index contributed by atoms with van der Waals surface area (Å²) in [4.78, 5) is 11.0. The minimum absolute atomic E-state index is 0.0309. The van der Waals surface area contributed by atoms with Crippen LogP contribution in [0.4, 0.5) is 0 Å². The van der Waals surface area contributed by atoms with Gasteiger partial charge in [-0.2, -0.15) is 0 Å². The minimum Gasteiger partial charge on any atom is -0.394 e. The molecule has 1 aliphatic rings. The molecule has 0 aromatic heterocycles. The number of aliphatic hydroxyl groups excluding tert-OH is 1. The lowest BCUT2D eigenvalue weighted by molar-refractivity contribution is -0.333. The van der Waals surface area contributed by atoms with Gasteiger partial charge in [0.2, 0.25) is 0 Å². The molecule has 1 fully saturated rings. The second-order valence-electron chi connectivity index (χ2n) is 12.1. The fourth-order valence-electron chi connectivity index (χ4n) is 5.18. The highest BCUT2D eigenvalue weighted by Gasteiger charge is 2.36. The average Bonchev–Trinajstić information content (AvgIpc) is 2.95. The lowest BCUT2D eigenvalue weighted by Gasteiger charge is -2.42. The van der Waals surface area contributed by atoms with Crippen LogP contribution in [0.2, 0.25) is 0 Å². The smallest absolute Gasteiger partial charge is 0.106 e. The van der Waals surface area contributed by atoms with Crippen molar-refractivity contribution in [3.63, 3.8) is 0 Å². The zero-order valence-electron chi connectivity index (χ0n) is 27.5. The Morgan fingerprint density at radius 1 is 0.524 bits per heavy atom. The Labute approximate surface area is 256 Å². The van der Waals surface area contributed by atoms with Crippen LogP contribution in [0.3, 0.4) is 0 Å². The molecule has 0 amide bonds. The van der Waals surface area contributed by atoms with Gasteiger partial charge in [-0.3, -0.25) is 0 Å². The SMILES string of the molecule is C=C.CC(C)(C)CC(C)(C)C1CCC(OOCCOCCOCCOCCOCCOCCOCCOCCO)CC1. The van der Waals surface area contributed by atoms with E-state index in [1.54, 1.807) is 0 Å². The second-order valence-corrected chi connectivity index (χ2v) is 12.1. The molecule has 1 aliphatic carbocycles. The number of rotatable bonds is 27. The molecular formula is C32H64O10. The van der Waals surface area contributed by atoms with E-state index in [1.165, 1.54) is 19.3 Å². The van der Waals surface area contributed by atoms with Gasteiger partial charge in [-0.25, -0.2) is 9.78 Å². The number of hydrogen-bond donors (Lipinski definition) is 1. The Bertz CT molecular complexity index is 562. The highest BCUT2D eigenvalue weighted by molar-refractivity contribution is 4.86. The Hall–Kier alpha value is -0.660. The summed E-state index contributed by atoms with van der Waals surface area (Å²) in [5.41, 5.74) is 0.730. The lowest BCUT2D eigenvalue weighted by Crippen LogP contribution is -2.34. The van der Waals surface area contributed by atoms with Gasteiger partial charge in [0, 0.05) is 0 Å². The highest BCUT2D eigenvalue weighted by Crippen LogP contribution is 2.45. The molecule has 252 valence electrons. The molecule has 10 nitrogen and oxygen atoms in total. The summed E-state index contributed by atoms with van der Waals surface area (Å²) in [6.07, 6.45) is 5.99. The van der Waals surface area contributed by atoms with E-state index < -0.39 is 0 Å². The first-order chi connectivity index (χ1) is 20.2. The van der Waals surface area contributed by atoms with Gasteiger partial charge >= 0.3 is 0 Å². The van der Waals surface area contributed by atoms with E-state index in [4.69, 9.17) is 48.0 Å². The summed E-state index contributed by atoms with van der Waals surface area (Å²) in [6, 6.07) is 0. The van der Waals surface area contributed by atoms with Crippen LogP contribution in [0.5, 0.6) is 0 Å². The third kappa shape index (κ3) is 25.8. The quantitative estimate of drug-likeness (QED) is 0.0602. The van der Waals surface area contributed by atoms with Crippen LogP contribution >= 0.6 is 0 Å². The van der Waals surface area contributed by atoms with Crippen LogP contribution in [0.15, 0.2) is 13.2 Å². The molecule has 42 heavy (non-hydrogen) atoms. The van der Waals surface area contributed by atoms with E-state index in [1.807, 2.05) is 0 Å². The van der Waals surface area contributed by atoms with Crippen molar-refractivity contribution >= 4 is 0 Å². The molecule has 0 bridgehead atoms. The Balaban J connectivity index is 0.00000821. The summed E-state index contributed by atoms with van der Waals surface area (Å²) in [5, 5.41) is 8.58. The van der Waals surface area contributed by atoms with Gasteiger partial charge in [-0.05, 0) is 48.9 Å². The lowest BCUT2D eigenvalue weighted by atomic mass is 9.64. The minimum atomic E-state index is 0.0309. The molecule has 0 aliphatic heterocycles. The van der Waals surface area contributed by atoms with Crippen molar-refractivity contribution in [3.05, 3.63) is 13.2 Å². The molecule has 1 saturated carbocycles. The van der Waals surface area contributed by atoms with Gasteiger partial charge in [-0.15, -0.1) is 13.2 Å². The van der Waals surface area contributed by atoms with Crippen molar-refractivity contribution in [3.8, 4) is 0 Å². The van der Waals surface area contributed by atoms with Gasteiger partial charge in [0.25, 0.3) is 0 Å². The van der Waals surface area contributed by atoms with Gasteiger partial charge in [0.15, 0.2) is 0 Å². The Morgan fingerprint density at radius 3 is 1.19 bits per heavy atom. The molecule has 0 spiro atoms. The van der Waals surface area contributed by atoms with E-state index in [9.17, 15) is 0 Å². The first kappa shape index (κ1) is 41.3. The summed E-state index contributed by atoms with van der Waals surface area (Å²) in [7, 11) is 0. The van der Waals surface area contributed by atoms with Gasteiger partial charge < -0.3 is 38.3 Å². The van der Waals surface area contributed by atoms with E-state index in [2.05, 4.69) is 47.8 Å². The maximum Gasteiger partial charge on any atom is 0.106 e. The van der Waals surface area contributed by atoms with Crippen molar-refractivity contribution in [2.45, 2.75) is 72.8 Å². The van der Waals surface area contributed by atoms with Crippen molar-refractivity contribution < 1.29 is 48.0 Å². The Morgan fingerprint density at radius 2 is 0.857 bits per heavy atom. The van der Waals surface area contributed by atoms with Crippen molar-refractivity contribution in [1.29, 1.82) is 0 Å². The van der Waals surface area contributed by atoms with Crippen molar-refractivity contribution in [2.24, 2.45) is 16.7 Å². The summed E-state index contributed by atoms with van der Waals surface area (Å²) >= 11 is 0. The molecule has 0 atom stereocenters. The maximum atomic E-state index is 8.58. The van der Waals surface area contributed by atoms with Crippen molar-refractivity contribution in [2.75, 3.05) is 106 Å². The molecule has 0 saturated heterocycles. The van der Waals surface area contributed by atoms with Crippen LogP contribution < -0.4 is 0 Å². The van der Waals surface area contributed by atoms with Crippen LogP contribution in [-0.4, -0.2) is 117 Å². The monoisotopic (exact) mass is 608 g/mol. The normalized spacial score (nSPS) is 17.7. The zero-order valence-corrected chi connectivity index (χ0v) is 27.5. The molecular weight excluding hydrogens is 544 g/mol. The first-order valence-corrected chi connectivity index (χ1v) is 15.7. The maximum absolute atomic E-state index is 8.58. The van der Waals surface area contributed by atoms with E-state index in [0.29, 0.717) is 110 Å². The van der Waals surface area contributed by atoms with Gasteiger partial charge in [0.05, 0.1) is 105 Å². The predicted octanol–water partition coefficient (Wildman–Crippen LogP) is 4.87. The topological polar surface area (TPSA) is 103 Å². The van der Waals surface area contributed by atoms with Crippen LogP contribution in [0.1, 0.15) is 66.7 Å². The summed E-state index contributed by atoms with van der Waals surface area (Å²) in [5.74, 6) is 0.756. The fraction of sp³-hybridized carbons (Fsp3) is 0.938. The molecule has 0 aromatic rings. The standard InChI is InChI=1S/C30H60O10.C2H4/c1-29(2,3)26-30(4,5)27-6-8-28(9-7-27)40-39-25-24-38-23-22-37-21-20-36-19-18-35-17-16-34-15-14-33-13-12-32-11-10-31;1-2/h27-28,31H,6-26H2,1-5H3;1-2H2. The highest BCUT2D eigenvalue weighted by atomic mass is 17.2. The van der Waals surface area contributed by atoms with Gasteiger partial charge in [-0.1, -0.05) is 34.6 Å². The molecule has 1 N–H and O–H groups in total. The number of aliphatic hydroxyl groups is 1. The zero-order chi connectivity index (χ0) is 31.4. The molecule has 0 radical (unpaired) electrons. The fourth-order valence-corrected chi connectivity index (χ4v) is 5.18. The molecule has 0 aromatic carbocycles. The third-order valence-electron chi connectivity index (χ3n) is 6.75.